The fourth-order valence-electron chi connectivity index (χ4n) is 9.23. The number of carbonyl (C=O) groups excluding carboxylic acids is 2. The Morgan fingerprint density at radius 2 is 0.614 bits per heavy atom. The molecule has 0 rings (SSSR count). The highest BCUT2D eigenvalue weighted by Gasteiger charge is 2.22. The molecule has 0 aromatic carbocycles. The quantitative estimate of drug-likeness (QED) is 0.0195. The summed E-state index contributed by atoms with van der Waals surface area (Å²) in [5.41, 5.74) is 0. The van der Waals surface area contributed by atoms with Crippen molar-refractivity contribution in [2.24, 2.45) is 0 Å². The van der Waals surface area contributed by atoms with Gasteiger partial charge >= 0.3 is 11.9 Å². The number of carbonyl (C=O) groups is 2. The summed E-state index contributed by atoms with van der Waals surface area (Å²) < 4.78 is 34.3. The van der Waals surface area contributed by atoms with Gasteiger partial charge < -0.3 is 27.9 Å². The molecular formula is C78H130NO8P. The predicted molar refractivity (Wildman–Crippen MR) is 378 cm³/mol. The molecule has 0 saturated heterocycles. The molecule has 0 aromatic heterocycles. The molecule has 0 aromatic rings. The summed E-state index contributed by atoms with van der Waals surface area (Å²) in [6, 6.07) is 0. The minimum absolute atomic E-state index is 0.0386. The van der Waals surface area contributed by atoms with Crippen molar-refractivity contribution < 1.29 is 42.1 Å². The average molecular weight is 1240 g/mol. The van der Waals surface area contributed by atoms with Crippen LogP contribution in [0.2, 0.25) is 0 Å². The molecule has 0 aliphatic heterocycles. The van der Waals surface area contributed by atoms with Crippen molar-refractivity contribution >= 4 is 19.8 Å². The first kappa shape index (κ1) is 83.6. The smallest absolute Gasteiger partial charge is 0.306 e. The van der Waals surface area contributed by atoms with E-state index in [-0.39, 0.29) is 32.0 Å². The number of phosphoric acid groups is 1. The van der Waals surface area contributed by atoms with Crippen LogP contribution in [0.1, 0.15) is 271 Å². The first-order chi connectivity index (χ1) is 43.0. The molecule has 0 spiro atoms. The monoisotopic (exact) mass is 1240 g/mol. The zero-order valence-electron chi connectivity index (χ0n) is 56.9. The van der Waals surface area contributed by atoms with Gasteiger partial charge in [0.2, 0.25) is 0 Å². The van der Waals surface area contributed by atoms with Crippen LogP contribution < -0.4 is 4.89 Å². The van der Waals surface area contributed by atoms with Gasteiger partial charge in [0.1, 0.15) is 19.8 Å². The van der Waals surface area contributed by atoms with Crippen molar-refractivity contribution in [2.45, 2.75) is 277 Å². The Kier molecular flexibility index (Phi) is 63.7. The number of rotatable bonds is 63. The summed E-state index contributed by atoms with van der Waals surface area (Å²) in [6.45, 7) is 4.01. The normalized spacial score (nSPS) is 14.1. The minimum Gasteiger partial charge on any atom is -0.756 e. The van der Waals surface area contributed by atoms with Crippen molar-refractivity contribution in [3.05, 3.63) is 158 Å². The fraction of sp³-hybridized carbons (Fsp3) is 0.641. The molecule has 0 aliphatic rings. The standard InChI is InChI=1S/C78H130NO8P/c1-6-8-10-12-14-16-18-20-22-24-26-28-30-32-33-34-35-36-37-38-39-40-41-42-43-44-45-47-49-51-53-55-57-59-61-63-65-67-69-71-78(81)87-76(75-86-88(82,83)85-73-72-79(3,4)5)74-84-77(80)70-68-66-64-62-60-58-56-54-52-50-48-46-31-29-27-25-23-21-19-17-15-13-11-9-7-2/h8-11,14-17,20-23,26-29,32-33,35-36,38-39,41-42,44-45,76H,6-7,12-13,18-19,24-25,30-31,34,37,40,43,46-75H2,1-5H3/b10-8-,11-9-,16-14-,17-15-,22-20-,23-21-,28-26-,29-27-,33-32-,36-35-,39-38-,42-41-,45-44-. The molecule has 0 fully saturated rings. The maximum absolute atomic E-state index is 12.9. The lowest BCUT2D eigenvalue weighted by Crippen LogP contribution is -2.37. The van der Waals surface area contributed by atoms with Gasteiger partial charge in [-0.3, -0.25) is 14.2 Å². The van der Waals surface area contributed by atoms with E-state index in [1.54, 1.807) is 0 Å². The summed E-state index contributed by atoms with van der Waals surface area (Å²) in [6.07, 6.45) is 100. The van der Waals surface area contributed by atoms with Crippen LogP contribution in [0.3, 0.4) is 0 Å². The topological polar surface area (TPSA) is 111 Å². The number of ether oxygens (including phenoxy) is 2. The zero-order valence-corrected chi connectivity index (χ0v) is 57.8. The minimum atomic E-state index is -4.65. The SMILES string of the molecule is CC/C=C\C/C=C\C/C=C\C/C=C\C/C=C\C/C=C\C/C=C\C/C=C\C/C=C\CCCCCCCCCCCCCC(=O)OC(COC(=O)CCCCCCCCCCCCCC/C=C\C/C=C\C/C=C\C/C=C\CC)COP(=O)([O-])OCC[N+](C)(C)C. The second-order valence-corrected chi connectivity index (χ2v) is 25.5. The average Bonchev–Trinajstić information content (AvgIpc) is 3.68. The molecule has 0 aliphatic carbocycles. The number of likely N-dealkylation sites (N-methyl/N-ethyl adjacent to an activating group) is 1. The molecule has 9 nitrogen and oxygen atoms in total. The molecular weight excluding hydrogens is 1110 g/mol. The number of allylic oxidation sites excluding steroid dienone is 26. The largest absolute Gasteiger partial charge is 0.756 e. The second-order valence-electron chi connectivity index (χ2n) is 24.1. The van der Waals surface area contributed by atoms with E-state index in [2.05, 4.69) is 172 Å². The number of hydrogen-bond acceptors (Lipinski definition) is 8. The highest BCUT2D eigenvalue weighted by Crippen LogP contribution is 2.38. The van der Waals surface area contributed by atoms with Crippen molar-refractivity contribution in [1.29, 1.82) is 0 Å². The summed E-state index contributed by atoms with van der Waals surface area (Å²) in [7, 11) is 1.15. The third-order valence-electron chi connectivity index (χ3n) is 14.5. The van der Waals surface area contributed by atoms with Crippen LogP contribution in [0.25, 0.3) is 0 Å². The Bertz CT molecular complexity index is 2040. The molecule has 0 saturated carbocycles. The molecule has 0 amide bonds. The van der Waals surface area contributed by atoms with Crippen LogP contribution in [-0.2, 0) is 32.7 Å². The van der Waals surface area contributed by atoms with Gasteiger partial charge in [-0.15, -0.1) is 0 Å². The van der Waals surface area contributed by atoms with Crippen molar-refractivity contribution in [3.8, 4) is 0 Å². The van der Waals surface area contributed by atoms with Gasteiger partial charge in [-0.2, -0.15) is 0 Å². The third kappa shape index (κ3) is 70.7. The van der Waals surface area contributed by atoms with Gasteiger partial charge in [0.15, 0.2) is 6.10 Å². The van der Waals surface area contributed by atoms with E-state index in [1.807, 2.05) is 21.1 Å². The highest BCUT2D eigenvalue weighted by molar-refractivity contribution is 7.45. The van der Waals surface area contributed by atoms with Crippen LogP contribution in [0.4, 0.5) is 0 Å². The number of unbranched alkanes of at least 4 members (excludes halogenated alkanes) is 23. The van der Waals surface area contributed by atoms with E-state index in [0.717, 1.165) is 135 Å². The van der Waals surface area contributed by atoms with E-state index in [1.165, 1.54) is 103 Å². The predicted octanol–water partition coefficient (Wildman–Crippen LogP) is 22.5. The third-order valence-corrected chi connectivity index (χ3v) is 15.5. The van der Waals surface area contributed by atoms with Crippen molar-refractivity contribution in [1.82, 2.24) is 0 Å². The Balaban J connectivity index is 4.09. The molecule has 2 unspecified atom stereocenters. The molecule has 500 valence electrons. The van der Waals surface area contributed by atoms with E-state index in [4.69, 9.17) is 18.5 Å². The Morgan fingerprint density at radius 3 is 0.909 bits per heavy atom. The Morgan fingerprint density at radius 1 is 0.352 bits per heavy atom. The van der Waals surface area contributed by atoms with Crippen LogP contribution >= 0.6 is 7.82 Å². The molecule has 10 heteroatoms. The summed E-state index contributed by atoms with van der Waals surface area (Å²) in [4.78, 5) is 38.1. The molecule has 88 heavy (non-hydrogen) atoms. The molecule has 0 bridgehead atoms. The number of phosphoric ester groups is 1. The maximum Gasteiger partial charge on any atom is 0.306 e. The highest BCUT2D eigenvalue weighted by atomic mass is 31.2. The summed E-state index contributed by atoms with van der Waals surface area (Å²) >= 11 is 0. The van der Waals surface area contributed by atoms with Gasteiger partial charge in [0.25, 0.3) is 7.82 Å². The number of nitrogens with zero attached hydrogens (tertiary/aromatic N) is 1. The number of esters is 2. The maximum atomic E-state index is 12.9. The van der Waals surface area contributed by atoms with E-state index in [0.29, 0.717) is 17.4 Å². The summed E-state index contributed by atoms with van der Waals surface area (Å²) in [5, 5.41) is 0. The van der Waals surface area contributed by atoms with Crippen LogP contribution in [-0.4, -0.2) is 70.0 Å². The lowest BCUT2D eigenvalue weighted by Gasteiger charge is -2.28. The van der Waals surface area contributed by atoms with E-state index in [9.17, 15) is 19.0 Å². The second kappa shape index (κ2) is 67.0. The van der Waals surface area contributed by atoms with E-state index >= 15 is 0 Å². The lowest BCUT2D eigenvalue weighted by atomic mass is 10.0. The Hall–Kier alpha value is -4.37. The molecule has 0 N–H and O–H groups in total. The Labute approximate surface area is 541 Å². The first-order valence-electron chi connectivity index (χ1n) is 35.2. The lowest BCUT2D eigenvalue weighted by molar-refractivity contribution is -0.870. The molecule has 0 radical (unpaired) electrons. The fourth-order valence-corrected chi connectivity index (χ4v) is 9.96. The van der Waals surface area contributed by atoms with Crippen LogP contribution in [0.5, 0.6) is 0 Å². The van der Waals surface area contributed by atoms with Crippen LogP contribution in [0.15, 0.2) is 158 Å². The van der Waals surface area contributed by atoms with Crippen molar-refractivity contribution in [2.75, 3.05) is 47.5 Å². The number of quaternary nitrogens is 1. The van der Waals surface area contributed by atoms with Gasteiger partial charge in [-0.1, -0.05) is 294 Å². The number of hydrogen-bond donors (Lipinski definition) is 0. The van der Waals surface area contributed by atoms with Gasteiger partial charge in [0.05, 0.1) is 27.7 Å². The molecule has 0 heterocycles. The zero-order chi connectivity index (χ0) is 64.1. The van der Waals surface area contributed by atoms with Crippen LogP contribution in [0, 0.1) is 0 Å². The molecule has 2 atom stereocenters. The van der Waals surface area contributed by atoms with E-state index < -0.39 is 26.5 Å². The first-order valence-corrected chi connectivity index (χ1v) is 36.7. The van der Waals surface area contributed by atoms with Gasteiger partial charge in [-0.25, -0.2) is 0 Å². The summed E-state index contributed by atoms with van der Waals surface area (Å²) in [5.74, 6) is -0.843. The van der Waals surface area contributed by atoms with Gasteiger partial charge in [0, 0.05) is 12.8 Å². The van der Waals surface area contributed by atoms with Crippen molar-refractivity contribution in [3.63, 3.8) is 0 Å². The van der Waals surface area contributed by atoms with Gasteiger partial charge in [-0.05, 0) is 122 Å².